The Balaban J connectivity index is 2.40. The fraction of sp³-hybridized carbons (Fsp3) is 0.682. The van der Waals surface area contributed by atoms with Gasteiger partial charge in [-0.15, -0.1) is 0 Å². The molecule has 1 heterocycles. The number of hydrogen-bond donors (Lipinski definition) is 4. The van der Waals surface area contributed by atoms with E-state index in [2.05, 4.69) is 86.8 Å². The van der Waals surface area contributed by atoms with Crippen LogP contribution in [0.15, 0.2) is 72.9 Å². The summed E-state index contributed by atoms with van der Waals surface area (Å²) in [6.45, 7) is 3.17. The molecule has 0 saturated carbocycles. The number of aliphatic hydroxyl groups is 4. The van der Waals surface area contributed by atoms with Crippen LogP contribution in [0, 0.1) is 0 Å². The first-order valence-electron chi connectivity index (χ1n) is 20.5. The van der Waals surface area contributed by atoms with Gasteiger partial charge < -0.3 is 39.4 Å². The van der Waals surface area contributed by atoms with E-state index in [-0.39, 0.29) is 26.1 Å². The van der Waals surface area contributed by atoms with Crippen molar-refractivity contribution in [2.45, 2.75) is 173 Å². The summed E-state index contributed by atoms with van der Waals surface area (Å²) in [4.78, 5) is 25.2. The fourth-order valence-corrected chi connectivity index (χ4v) is 5.57. The minimum atomic E-state index is -1.60. The number of allylic oxidation sites excluding steroid dienone is 12. The molecule has 54 heavy (non-hydrogen) atoms. The number of carbonyl (C=O) groups is 2. The molecule has 0 aromatic rings. The molecule has 10 heteroatoms. The smallest absolute Gasteiger partial charge is 0.306 e. The highest BCUT2D eigenvalue weighted by Crippen LogP contribution is 2.22. The molecular weight excluding hydrogens is 688 g/mol. The van der Waals surface area contributed by atoms with Crippen molar-refractivity contribution in [3.8, 4) is 0 Å². The van der Waals surface area contributed by atoms with Crippen LogP contribution in [-0.2, 0) is 28.5 Å². The van der Waals surface area contributed by atoms with Gasteiger partial charge in [-0.05, 0) is 77.0 Å². The molecule has 6 unspecified atom stereocenters. The van der Waals surface area contributed by atoms with Crippen molar-refractivity contribution in [3.63, 3.8) is 0 Å². The van der Waals surface area contributed by atoms with Crippen molar-refractivity contribution in [3.05, 3.63) is 72.9 Å². The van der Waals surface area contributed by atoms with Gasteiger partial charge >= 0.3 is 11.9 Å². The molecule has 1 aliphatic rings. The van der Waals surface area contributed by atoms with Crippen LogP contribution in [0.25, 0.3) is 0 Å². The quantitative estimate of drug-likeness (QED) is 0.0301. The maximum absolute atomic E-state index is 12.7. The van der Waals surface area contributed by atoms with Crippen molar-refractivity contribution < 1.29 is 49.0 Å². The molecule has 0 bridgehead atoms. The van der Waals surface area contributed by atoms with Gasteiger partial charge in [0.05, 0.1) is 13.2 Å². The predicted octanol–water partition coefficient (Wildman–Crippen LogP) is 8.05. The van der Waals surface area contributed by atoms with Gasteiger partial charge in [0.15, 0.2) is 12.4 Å². The van der Waals surface area contributed by atoms with Gasteiger partial charge in [-0.1, -0.05) is 119 Å². The third-order valence-electron chi connectivity index (χ3n) is 8.81. The second-order valence-corrected chi connectivity index (χ2v) is 13.7. The third kappa shape index (κ3) is 26.0. The maximum atomic E-state index is 12.7. The zero-order valence-corrected chi connectivity index (χ0v) is 33.2. The number of carbonyl (C=O) groups excluding carboxylic acids is 2. The Labute approximate surface area is 325 Å². The third-order valence-corrected chi connectivity index (χ3v) is 8.81. The van der Waals surface area contributed by atoms with E-state index in [0.29, 0.717) is 12.8 Å². The van der Waals surface area contributed by atoms with Crippen molar-refractivity contribution >= 4 is 11.9 Å². The minimum absolute atomic E-state index is 0.185. The number of hydrogen-bond acceptors (Lipinski definition) is 10. The van der Waals surface area contributed by atoms with Crippen molar-refractivity contribution in [1.82, 2.24) is 0 Å². The average Bonchev–Trinajstić information content (AvgIpc) is 3.17. The molecule has 1 fully saturated rings. The fourth-order valence-electron chi connectivity index (χ4n) is 5.57. The first-order valence-corrected chi connectivity index (χ1v) is 20.5. The predicted molar refractivity (Wildman–Crippen MR) is 214 cm³/mol. The number of aliphatic hydroxyl groups excluding tert-OH is 4. The Morgan fingerprint density at radius 3 is 1.69 bits per heavy atom. The van der Waals surface area contributed by atoms with Gasteiger partial charge in [0.1, 0.15) is 31.0 Å². The Bertz CT molecular complexity index is 1110. The molecule has 1 saturated heterocycles. The molecule has 0 aromatic carbocycles. The van der Waals surface area contributed by atoms with E-state index in [4.69, 9.17) is 18.9 Å². The van der Waals surface area contributed by atoms with Crippen LogP contribution in [0.5, 0.6) is 0 Å². The van der Waals surface area contributed by atoms with Crippen LogP contribution < -0.4 is 0 Å². The Hall–Kier alpha value is -2.86. The molecule has 0 spiro atoms. The highest BCUT2D eigenvalue weighted by atomic mass is 16.7. The average molecular weight is 761 g/mol. The molecular formula is C44H72O10. The first kappa shape index (κ1) is 49.2. The maximum Gasteiger partial charge on any atom is 0.306 e. The SMILES string of the molecule is CC/C=C\C/C=C\C/C=C\C/C=C\C/C=C\CCCCCC(=O)OC(COC(=O)CCCCCCC/C=C\CCC)COC1OC(CO)C(O)C(O)C1O. The van der Waals surface area contributed by atoms with Crippen LogP contribution >= 0.6 is 0 Å². The molecule has 4 N–H and O–H groups in total. The summed E-state index contributed by atoms with van der Waals surface area (Å²) in [6.07, 6.45) is 34.9. The molecule has 0 radical (unpaired) electrons. The second kappa shape index (κ2) is 34.6. The molecule has 0 amide bonds. The normalized spacial score (nSPS) is 21.5. The van der Waals surface area contributed by atoms with Crippen LogP contribution in [0.2, 0.25) is 0 Å². The summed E-state index contributed by atoms with van der Waals surface area (Å²) >= 11 is 0. The van der Waals surface area contributed by atoms with E-state index >= 15 is 0 Å². The minimum Gasteiger partial charge on any atom is -0.462 e. The number of ether oxygens (including phenoxy) is 4. The highest BCUT2D eigenvalue weighted by Gasteiger charge is 2.44. The number of rotatable bonds is 32. The van der Waals surface area contributed by atoms with Gasteiger partial charge in [0, 0.05) is 12.8 Å². The lowest BCUT2D eigenvalue weighted by molar-refractivity contribution is -0.305. The summed E-state index contributed by atoms with van der Waals surface area (Å²) < 4.78 is 22.0. The molecule has 1 rings (SSSR count). The lowest BCUT2D eigenvalue weighted by Gasteiger charge is -2.39. The van der Waals surface area contributed by atoms with Gasteiger partial charge in [0.2, 0.25) is 0 Å². The van der Waals surface area contributed by atoms with E-state index < -0.39 is 55.4 Å². The molecule has 1 aliphatic heterocycles. The van der Waals surface area contributed by atoms with Crippen molar-refractivity contribution in [1.29, 1.82) is 0 Å². The lowest BCUT2D eigenvalue weighted by atomic mass is 9.99. The summed E-state index contributed by atoms with van der Waals surface area (Å²) in [5.41, 5.74) is 0. The Morgan fingerprint density at radius 2 is 1.09 bits per heavy atom. The number of unbranched alkanes of at least 4 members (excludes halogenated alkanes) is 9. The van der Waals surface area contributed by atoms with Crippen LogP contribution in [0.4, 0.5) is 0 Å². The standard InChI is InChI=1S/C44H72O10/c1-3-5-7-9-11-13-15-16-17-18-19-20-21-22-23-25-27-29-31-33-40(47)53-37(36-52-44-43(50)42(49)41(48)38(34-45)54-44)35-51-39(46)32-30-28-26-24-14-12-10-8-6-4-2/h5,7-8,10-11,13,16-17,19-20,22-23,37-38,41-45,48-50H,3-4,6,9,12,14-15,18,21,24-36H2,1-2H3/b7-5-,10-8-,13-11-,17-16-,20-19-,23-22-. The van der Waals surface area contributed by atoms with Crippen LogP contribution in [-0.4, -0.2) is 89.0 Å². The van der Waals surface area contributed by atoms with Gasteiger partial charge in [-0.3, -0.25) is 9.59 Å². The number of esters is 2. The summed E-state index contributed by atoms with van der Waals surface area (Å²) in [7, 11) is 0. The molecule has 10 nitrogen and oxygen atoms in total. The molecule has 0 aliphatic carbocycles. The van der Waals surface area contributed by atoms with Gasteiger partial charge in [0.25, 0.3) is 0 Å². The van der Waals surface area contributed by atoms with Gasteiger partial charge in [-0.25, -0.2) is 0 Å². The highest BCUT2D eigenvalue weighted by molar-refractivity contribution is 5.70. The largest absolute Gasteiger partial charge is 0.462 e. The van der Waals surface area contributed by atoms with Crippen molar-refractivity contribution in [2.75, 3.05) is 19.8 Å². The Kier molecular flexibility index (Phi) is 31.5. The zero-order valence-electron chi connectivity index (χ0n) is 33.2. The molecule has 308 valence electrons. The van der Waals surface area contributed by atoms with Crippen molar-refractivity contribution in [2.24, 2.45) is 0 Å². The van der Waals surface area contributed by atoms with Crippen LogP contribution in [0.3, 0.4) is 0 Å². The second-order valence-electron chi connectivity index (χ2n) is 13.7. The Morgan fingerprint density at radius 1 is 0.593 bits per heavy atom. The topological polar surface area (TPSA) is 152 Å². The van der Waals surface area contributed by atoms with E-state index in [0.717, 1.165) is 96.3 Å². The van der Waals surface area contributed by atoms with Gasteiger partial charge in [-0.2, -0.15) is 0 Å². The summed E-state index contributed by atoms with van der Waals surface area (Å²) in [6, 6.07) is 0. The van der Waals surface area contributed by atoms with E-state index in [1.807, 2.05) is 0 Å². The molecule has 0 aromatic heterocycles. The first-order chi connectivity index (χ1) is 26.3. The summed E-state index contributed by atoms with van der Waals surface area (Å²) in [5.74, 6) is -0.866. The molecule has 6 atom stereocenters. The zero-order chi connectivity index (χ0) is 39.5. The van der Waals surface area contributed by atoms with E-state index in [9.17, 15) is 30.0 Å². The lowest BCUT2D eigenvalue weighted by Crippen LogP contribution is -2.59. The monoisotopic (exact) mass is 761 g/mol. The van der Waals surface area contributed by atoms with E-state index in [1.54, 1.807) is 0 Å². The summed E-state index contributed by atoms with van der Waals surface area (Å²) in [5, 5.41) is 39.9. The van der Waals surface area contributed by atoms with E-state index in [1.165, 1.54) is 0 Å². The van der Waals surface area contributed by atoms with Crippen LogP contribution in [0.1, 0.15) is 136 Å².